The molecule has 148 valence electrons. The molecule has 1 aliphatic rings. The highest BCUT2D eigenvalue weighted by Crippen LogP contribution is 2.25. The number of rotatable bonds is 8. The monoisotopic (exact) mass is 388 g/mol. The van der Waals surface area contributed by atoms with Gasteiger partial charge in [0.15, 0.2) is 6.61 Å². The molecule has 2 aromatic rings. The van der Waals surface area contributed by atoms with Crippen LogP contribution in [0.1, 0.15) is 22.3 Å². The summed E-state index contributed by atoms with van der Waals surface area (Å²) in [4.78, 5) is 23.9. The van der Waals surface area contributed by atoms with Crippen LogP contribution < -0.4 is 11.1 Å². The number of nitrogen functional groups attached to an aromatic ring is 1. The smallest absolute Gasteiger partial charge is 0.344 e. The Labute approximate surface area is 161 Å². The second-order valence-electron chi connectivity index (χ2n) is 6.30. The van der Waals surface area contributed by atoms with E-state index >= 15 is 0 Å². The molecule has 0 aromatic heterocycles. The van der Waals surface area contributed by atoms with Crippen LogP contribution in [0.3, 0.4) is 0 Å². The largest absolute Gasteiger partial charge is 0.458 e. The van der Waals surface area contributed by atoms with Crippen LogP contribution in [0.15, 0.2) is 42.5 Å². The number of benzene rings is 2. The number of hydrogen-bond donors (Lipinski definition) is 2. The molecule has 0 amide bonds. The second-order valence-corrected chi connectivity index (χ2v) is 6.30. The van der Waals surface area contributed by atoms with Crippen LogP contribution in [0.4, 0.5) is 15.8 Å². The highest BCUT2D eigenvalue weighted by molar-refractivity contribution is 5.93. The fourth-order valence-corrected chi connectivity index (χ4v) is 2.54. The van der Waals surface area contributed by atoms with Crippen molar-refractivity contribution in [2.45, 2.75) is 19.1 Å². The summed E-state index contributed by atoms with van der Waals surface area (Å²) in [5.74, 6) is -2.30. The minimum atomic E-state index is -0.849. The van der Waals surface area contributed by atoms with Gasteiger partial charge >= 0.3 is 11.9 Å². The summed E-state index contributed by atoms with van der Waals surface area (Å²) in [6.07, 6.45) is 0.944. The van der Waals surface area contributed by atoms with Crippen LogP contribution in [-0.2, 0) is 25.6 Å². The van der Waals surface area contributed by atoms with Crippen molar-refractivity contribution in [2.75, 3.05) is 30.8 Å². The van der Waals surface area contributed by atoms with Gasteiger partial charge in [-0.2, -0.15) is 0 Å². The van der Waals surface area contributed by atoms with Crippen LogP contribution in [0.5, 0.6) is 0 Å². The SMILES string of the molecule is Nc1c(F)cc(C(=O)OCC(=O)OCc2ccccc2)cc1NC[C@@H]1CCO1. The fraction of sp³-hybridized carbons (Fsp3) is 0.300. The fourth-order valence-electron chi connectivity index (χ4n) is 2.54. The van der Waals surface area contributed by atoms with Crippen LogP contribution in [0.2, 0.25) is 0 Å². The van der Waals surface area contributed by atoms with Crippen molar-refractivity contribution in [3.63, 3.8) is 0 Å². The number of esters is 2. The molecule has 7 nitrogen and oxygen atoms in total. The molecule has 8 heteroatoms. The minimum absolute atomic E-state index is 0.0393. The maximum Gasteiger partial charge on any atom is 0.344 e. The molecule has 2 aromatic carbocycles. The van der Waals surface area contributed by atoms with Gasteiger partial charge in [-0.3, -0.25) is 0 Å². The summed E-state index contributed by atoms with van der Waals surface area (Å²) >= 11 is 0. The lowest BCUT2D eigenvalue weighted by Gasteiger charge is -2.27. The topological polar surface area (TPSA) is 99.9 Å². The average Bonchev–Trinajstić information content (AvgIpc) is 2.67. The van der Waals surface area contributed by atoms with Crippen molar-refractivity contribution >= 4 is 23.3 Å². The standard InChI is InChI=1S/C20H21FN2O5/c21-16-8-14(9-17(19(16)22)23-10-15-6-7-26-15)20(25)28-12-18(24)27-11-13-4-2-1-3-5-13/h1-5,8-9,15,23H,6-7,10-12,22H2/t15-/m0/s1. The molecular formula is C20H21FN2O5. The first-order valence-corrected chi connectivity index (χ1v) is 8.84. The first-order chi connectivity index (χ1) is 13.5. The predicted octanol–water partition coefficient (Wildman–Crippen LogP) is 2.51. The summed E-state index contributed by atoms with van der Waals surface area (Å²) in [5, 5.41) is 2.96. The molecule has 3 N–H and O–H groups in total. The Kier molecular flexibility index (Phi) is 6.44. The Morgan fingerprint density at radius 3 is 2.64 bits per heavy atom. The van der Waals surface area contributed by atoms with Gasteiger partial charge in [-0.1, -0.05) is 30.3 Å². The molecule has 1 saturated heterocycles. The van der Waals surface area contributed by atoms with E-state index in [9.17, 15) is 14.0 Å². The molecule has 0 bridgehead atoms. The third-order valence-corrected chi connectivity index (χ3v) is 4.24. The quantitative estimate of drug-likeness (QED) is 0.529. The number of carbonyl (C=O) groups is 2. The van der Waals surface area contributed by atoms with Gasteiger partial charge in [0.05, 0.1) is 23.0 Å². The van der Waals surface area contributed by atoms with Crippen molar-refractivity contribution in [3.05, 3.63) is 59.4 Å². The van der Waals surface area contributed by atoms with E-state index < -0.39 is 24.4 Å². The van der Waals surface area contributed by atoms with E-state index in [4.69, 9.17) is 19.9 Å². The van der Waals surface area contributed by atoms with Gasteiger partial charge in [0.2, 0.25) is 0 Å². The van der Waals surface area contributed by atoms with Gasteiger partial charge in [-0.05, 0) is 24.1 Å². The van der Waals surface area contributed by atoms with Crippen molar-refractivity contribution in [1.29, 1.82) is 0 Å². The second kappa shape index (κ2) is 9.18. The van der Waals surface area contributed by atoms with E-state index in [1.807, 2.05) is 18.2 Å². The predicted molar refractivity (Wildman–Crippen MR) is 100 cm³/mol. The first kappa shape index (κ1) is 19.6. The normalized spacial score (nSPS) is 15.4. The van der Waals surface area contributed by atoms with Gasteiger partial charge in [-0.15, -0.1) is 0 Å². The molecule has 0 radical (unpaired) electrons. The zero-order chi connectivity index (χ0) is 19.9. The van der Waals surface area contributed by atoms with Gasteiger partial charge in [0, 0.05) is 13.2 Å². The third kappa shape index (κ3) is 5.20. The highest BCUT2D eigenvalue weighted by Gasteiger charge is 2.20. The number of anilines is 2. The van der Waals surface area contributed by atoms with Crippen molar-refractivity contribution in [1.82, 2.24) is 0 Å². The van der Waals surface area contributed by atoms with Gasteiger partial charge in [0.1, 0.15) is 12.4 Å². The molecule has 28 heavy (non-hydrogen) atoms. The van der Waals surface area contributed by atoms with Crippen LogP contribution in [-0.4, -0.2) is 37.8 Å². The van der Waals surface area contributed by atoms with Gasteiger partial charge in [0.25, 0.3) is 0 Å². The van der Waals surface area contributed by atoms with Gasteiger partial charge in [-0.25, -0.2) is 14.0 Å². The van der Waals surface area contributed by atoms with Crippen molar-refractivity contribution in [2.24, 2.45) is 0 Å². The average molecular weight is 388 g/mol. The summed E-state index contributed by atoms with van der Waals surface area (Å²) in [6, 6.07) is 11.5. The third-order valence-electron chi connectivity index (χ3n) is 4.24. The lowest BCUT2D eigenvalue weighted by Crippen LogP contribution is -2.33. The van der Waals surface area contributed by atoms with E-state index in [1.165, 1.54) is 6.07 Å². The minimum Gasteiger partial charge on any atom is -0.458 e. The zero-order valence-corrected chi connectivity index (χ0v) is 15.2. The lowest BCUT2D eigenvalue weighted by atomic mass is 10.1. The molecule has 0 aliphatic carbocycles. The number of nitrogens with one attached hydrogen (secondary N) is 1. The molecule has 1 aliphatic heterocycles. The first-order valence-electron chi connectivity index (χ1n) is 8.84. The zero-order valence-electron chi connectivity index (χ0n) is 15.2. The molecule has 1 heterocycles. The van der Waals surface area contributed by atoms with E-state index in [1.54, 1.807) is 12.1 Å². The van der Waals surface area contributed by atoms with Crippen LogP contribution >= 0.6 is 0 Å². The molecule has 1 fully saturated rings. The van der Waals surface area contributed by atoms with E-state index in [2.05, 4.69) is 5.32 Å². The summed E-state index contributed by atoms with van der Waals surface area (Å²) in [7, 11) is 0. The number of carbonyl (C=O) groups excluding carboxylic acids is 2. The maximum atomic E-state index is 14.0. The molecular weight excluding hydrogens is 367 g/mol. The Bertz CT molecular complexity index is 840. The van der Waals surface area contributed by atoms with Gasteiger partial charge < -0.3 is 25.3 Å². The Morgan fingerprint density at radius 2 is 1.96 bits per heavy atom. The van der Waals surface area contributed by atoms with Crippen molar-refractivity contribution in [3.8, 4) is 0 Å². The summed E-state index contributed by atoms with van der Waals surface area (Å²) in [6.45, 7) is 0.651. The van der Waals surface area contributed by atoms with Crippen molar-refractivity contribution < 1.29 is 28.2 Å². The highest BCUT2D eigenvalue weighted by atomic mass is 19.1. The lowest BCUT2D eigenvalue weighted by molar-refractivity contribution is -0.148. The number of ether oxygens (including phenoxy) is 3. The van der Waals surface area contributed by atoms with E-state index in [0.29, 0.717) is 13.2 Å². The molecule has 1 atom stereocenters. The number of nitrogens with two attached hydrogens (primary N) is 1. The molecule has 0 spiro atoms. The molecule has 0 unspecified atom stereocenters. The number of halogens is 1. The Morgan fingerprint density at radius 1 is 1.21 bits per heavy atom. The maximum absolute atomic E-state index is 14.0. The summed E-state index contributed by atoms with van der Waals surface area (Å²) < 4.78 is 29.3. The van der Waals surface area contributed by atoms with E-state index in [-0.39, 0.29) is 29.6 Å². The van der Waals surface area contributed by atoms with Crippen LogP contribution in [0, 0.1) is 5.82 Å². The number of hydrogen-bond acceptors (Lipinski definition) is 7. The Hall–Kier alpha value is -3.13. The summed E-state index contributed by atoms with van der Waals surface area (Å²) in [5.41, 5.74) is 6.64. The molecule has 0 saturated carbocycles. The van der Waals surface area contributed by atoms with E-state index in [0.717, 1.165) is 18.1 Å². The molecule has 3 rings (SSSR count). The Balaban J connectivity index is 1.52. The van der Waals surface area contributed by atoms with Crippen LogP contribution in [0.25, 0.3) is 0 Å².